The number of ether oxygens (including phenoxy) is 1. The van der Waals surface area contributed by atoms with Crippen LogP contribution >= 0.6 is 0 Å². The van der Waals surface area contributed by atoms with E-state index in [1.54, 1.807) is 0 Å². The van der Waals surface area contributed by atoms with Crippen molar-refractivity contribution < 1.29 is 9.53 Å². The molecule has 1 aromatic rings. The quantitative estimate of drug-likeness (QED) is 0.390. The van der Waals surface area contributed by atoms with Gasteiger partial charge in [-0.2, -0.15) is 15.0 Å². The van der Waals surface area contributed by atoms with Crippen molar-refractivity contribution in [2.45, 2.75) is 45.3 Å². The highest BCUT2D eigenvalue weighted by Crippen LogP contribution is 2.18. The second kappa shape index (κ2) is 7.02. The van der Waals surface area contributed by atoms with Crippen LogP contribution < -0.4 is 26.6 Å². The number of hydrazine groups is 1. The van der Waals surface area contributed by atoms with Gasteiger partial charge >= 0.3 is 6.01 Å². The molecule has 1 amide bonds. The fraction of sp³-hybridized carbons (Fsp3) is 0.667. The van der Waals surface area contributed by atoms with Crippen LogP contribution in [-0.4, -0.2) is 39.5 Å². The summed E-state index contributed by atoms with van der Waals surface area (Å²) in [5, 5.41) is 5.87. The van der Waals surface area contributed by atoms with Crippen LogP contribution in [-0.2, 0) is 4.79 Å². The Morgan fingerprint density at radius 3 is 2.67 bits per heavy atom. The number of nitrogens with zero attached hydrogens (tertiary/aromatic N) is 3. The number of carbonyl (C=O) groups excluding carboxylic acids is 1. The van der Waals surface area contributed by atoms with E-state index in [0.717, 1.165) is 12.8 Å². The molecule has 0 atom stereocenters. The van der Waals surface area contributed by atoms with Crippen LogP contribution in [0.4, 0.5) is 11.9 Å². The third kappa shape index (κ3) is 5.38. The maximum atomic E-state index is 11.6. The van der Waals surface area contributed by atoms with Gasteiger partial charge in [-0.1, -0.05) is 0 Å². The van der Waals surface area contributed by atoms with E-state index in [0.29, 0.717) is 25.0 Å². The normalized spacial score (nSPS) is 13.9. The minimum Gasteiger partial charge on any atom is -0.461 e. The van der Waals surface area contributed by atoms with Crippen molar-refractivity contribution in [3.63, 3.8) is 0 Å². The first-order valence-corrected chi connectivity index (χ1v) is 6.99. The monoisotopic (exact) mass is 295 g/mol. The Labute approximate surface area is 123 Å². The van der Waals surface area contributed by atoms with Crippen molar-refractivity contribution in [2.75, 3.05) is 17.3 Å². The maximum absolute atomic E-state index is 11.6. The van der Waals surface area contributed by atoms with Crippen LogP contribution in [0.2, 0.25) is 0 Å². The summed E-state index contributed by atoms with van der Waals surface area (Å²) in [5.41, 5.74) is 2.35. The summed E-state index contributed by atoms with van der Waals surface area (Å²) in [5.74, 6) is 5.84. The number of carbonyl (C=O) groups is 1. The average Bonchev–Trinajstić information content (AvgIpc) is 3.21. The minimum absolute atomic E-state index is 0.0230. The second-order valence-corrected chi connectivity index (χ2v) is 5.09. The van der Waals surface area contributed by atoms with Gasteiger partial charge in [0.25, 0.3) is 0 Å². The molecule has 1 fully saturated rings. The molecule has 0 unspecified atom stereocenters. The lowest BCUT2D eigenvalue weighted by Gasteiger charge is -2.11. The fourth-order valence-electron chi connectivity index (χ4n) is 1.58. The standard InChI is InChI=1S/C12H21N7O2/c1-7(2)21-12-17-10(16-11(18-12)19-13)14-6-5-9(20)15-8-3-4-8/h7-8H,3-6,13H2,1-2H3,(H,15,20)(H2,14,16,17,18,19). The molecule has 1 heterocycles. The van der Waals surface area contributed by atoms with Gasteiger partial charge in [-0.05, 0) is 26.7 Å². The second-order valence-electron chi connectivity index (χ2n) is 5.09. The number of hydrogen-bond acceptors (Lipinski definition) is 8. The summed E-state index contributed by atoms with van der Waals surface area (Å²) in [6, 6.07) is 0.548. The molecule has 1 saturated carbocycles. The van der Waals surface area contributed by atoms with Gasteiger partial charge in [0.15, 0.2) is 0 Å². The predicted molar refractivity (Wildman–Crippen MR) is 77.7 cm³/mol. The summed E-state index contributed by atoms with van der Waals surface area (Å²) in [6.07, 6.45) is 2.45. The van der Waals surface area contributed by atoms with Gasteiger partial charge in [0.2, 0.25) is 17.8 Å². The zero-order valence-corrected chi connectivity index (χ0v) is 12.2. The Bertz CT molecular complexity index is 490. The number of nitrogens with two attached hydrogens (primary N) is 1. The zero-order chi connectivity index (χ0) is 15.2. The average molecular weight is 295 g/mol. The van der Waals surface area contributed by atoms with Crippen molar-refractivity contribution in [3.8, 4) is 6.01 Å². The Hall–Kier alpha value is -2.16. The molecule has 9 heteroatoms. The van der Waals surface area contributed by atoms with Crippen molar-refractivity contribution >= 4 is 17.8 Å². The first kappa shape index (κ1) is 15.2. The third-order valence-corrected chi connectivity index (χ3v) is 2.66. The third-order valence-electron chi connectivity index (χ3n) is 2.66. The first-order chi connectivity index (χ1) is 10.1. The van der Waals surface area contributed by atoms with E-state index >= 15 is 0 Å². The van der Waals surface area contributed by atoms with E-state index in [9.17, 15) is 4.79 Å². The van der Waals surface area contributed by atoms with Gasteiger partial charge in [-0.3, -0.25) is 10.2 Å². The topological polar surface area (TPSA) is 127 Å². The predicted octanol–water partition coefficient (Wildman–Crippen LogP) is 0.0250. The SMILES string of the molecule is CC(C)Oc1nc(NN)nc(NCCC(=O)NC2CC2)n1. The lowest BCUT2D eigenvalue weighted by Crippen LogP contribution is -2.27. The molecule has 2 rings (SSSR count). The van der Waals surface area contributed by atoms with E-state index < -0.39 is 0 Å². The van der Waals surface area contributed by atoms with E-state index in [4.69, 9.17) is 10.6 Å². The molecule has 1 aliphatic rings. The molecule has 0 aromatic carbocycles. The molecule has 21 heavy (non-hydrogen) atoms. The number of hydrogen-bond donors (Lipinski definition) is 4. The number of anilines is 2. The van der Waals surface area contributed by atoms with Gasteiger partial charge in [-0.15, -0.1) is 0 Å². The van der Waals surface area contributed by atoms with Crippen LogP contribution in [0.1, 0.15) is 33.1 Å². The van der Waals surface area contributed by atoms with E-state index in [2.05, 4.69) is 31.0 Å². The summed E-state index contributed by atoms with van der Waals surface area (Å²) in [6.45, 7) is 4.16. The Morgan fingerprint density at radius 2 is 2.05 bits per heavy atom. The Balaban J connectivity index is 1.86. The van der Waals surface area contributed by atoms with Gasteiger partial charge in [0, 0.05) is 19.0 Å². The van der Waals surface area contributed by atoms with E-state index in [-0.39, 0.29) is 24.0 Å². The Morgan fingerprint density at radius 1 is 1.33 bits per heavy atom. The summed E-state index contributed by atoms with van der Waals surface area (Å²) in [7, 11) is 0. The summed E-state index contributed by atoms with van der Waals surface area (Å²) < 4.78 is 5.41. The lowest BCUT2D eigenvalue weighted by molar-refractivity contribution is -0.120. The number of nitrogens with one attached hydrogen (secondary N) is 3. The minimum atomic E-state index is -0.0600. The van der Waals surface area contributed by atoms with E-state index in [1.807, 2.05) is 13.8 Å². The van der Waals surface area contributed by atoms with Crippen LogP contribution in [0.5, 0.6) is 6.01 Å². The van der Waals surface area contributed by atoms with Crippen LogP contribution in [0.15, 0.2) is 0 Å². The highest BCUT2D eigenvalue weighted by molar-refractivity contribution is 5.77. The summed E-state index contributed by atoms with van der Waals surface area (Å²) in [4.78, 5) is 23.7. The van der Waals surface area contributed by atoms with Crippen molar-refractivity contribution in [1.82, 2.24) is 20.3 Å². The maximum Gasteiger partial charge on any atom is 0.323 e. The van der Waals surface area contributed by atoms with Crippen LogP contribution in [0, 0.1) is 0 Å². The van der Waals surface area contributed by atoms with Crippen molar-refractivity contribution in [1.29, 1.82) is 0 Å². The van der Waals surface area contributed by atoms with Gasteiger partial charge in [-0.25, -0.2) is 5.84 Å². The molecule has 5 N–H and O–H groups in total. The highest BCUT2D eigenvalue weighted by Gasteiger charge is 2.22. The van der Waals surface area contributed by atoms with Crippen molar-refractivity contribution in [3.05, 3.63) is 0 Å². The van der Waals surface area contributed by atoms with Gasteiger partial charge in [0.1, 0.15) is 0 Å². The smallest absolute Gasteiger partial charge is 0.323 e. The fourth-order valence-corrected chi connectivity index (χ4v) is 1.58. The molecule has 0 radical (unpaired) electrons. The van der Waals surface area contributed by atoms with Gasteiger partial charge < -0.3 is 15.4 Å². The molecular weight excluding hydrogens is 274 g/mol. The molecule has 1 aliphatic carbocycles. The molecule has 0 aliphatic heterocycles. The number of amides is 1. The number of nitrogen functional groups attached to an aromatic ring is 1. The largest absolute Gasteiger partial charge is 0.461 e. The summed E-state index contributed by atoms with van der Waals surface area (Å²) >= 11 is 0. The van der Waals surface area contributed by atoms with Crippen molar-refractivity contribution in [2.24, 2.45) is 5.84 Å². The molecule has 0 bridgehead atoms. The molecular formula is C12H21N7O2. The number of aromatic nitrogens is 3. The zero-order valence-electron chi connectivity index (χ0n) is 12.2. The molecule has 0 spiro atoms. The van der Waals surface area contributed by atoms with Crippen LogP contribution in [0.25, 0.3) is 0 Å². The molecule has 116 valence electrons. The molecule has 9 nitrogen and oxygen atoms in total. The molecule has 1 aromatic heterocycles. The first-order valence-electron chi connectivity index (χ1n) is 6.99. The van der Waals surface area contributed by atoms with E-state index in [1.165, 1.54) is 0 Å². The Kier molecular flexibility index (Phi) is 5.09. The lowest BCUT2D eigenvalue weighted by atomic mass is 10.4. The highest BCUT2D eigenvalue weighted by atomic mass is 16.5. The van der Waals surface area contributed by atoms with Crippen LogP contribution in [0.3, 0.4) is 0 Å². The molecule has 0 saturated heterocycles. The van der Waals surface area contributed by atoms with Gasteiger partial charge in [0.05, 0.1) is 6.10 Å². The number of rotatable bonds is 8.